The van der Waals surface area contributed by atoms with Gasteiger partial charge in [-0.2, -0.15) is 5.10 Å². The Hall–Kier alpha value is -2.91. The molecule has 3 aromatic rings. The van der Waals surface area contributed by atoms with Crippen molar-refractivity contribution >= 4 is 15.9 Å². The van der Waals surface area contributed by atoms with E-state index in [9.17, 15) is 13.2 Å². The largest absolute Gasteiger partial charge is 0.360 e. The second kappa shape index (κ2) is 6.91. The molecule has 1 amide bonds. The number of sulfonamides is 1. The number of carbonyl (C=O) groups excluding carboxylic acids is 1. The van der Waals surface area contributed by atoms with E-state index >= 15 is 0 Å². The fraction of sp³-hybridized carbons (Fsp3) is 0.125. The summed E-state index contributed by atoms with van der Waals surface area (Å²) >= 11 is 0. The lowest BCUT2D eigenvalue weighted by Gasteiger charge is -2.05. The zero-order valence-electron chi connectivity index (χ0n) is 13.2. The lowest BCUT2D eigenvalue weighted by molar-refractivity contribution is 0.0949. The molecule has 0 fully saturated rings. The van der Waals surface area contributed by atoms with Gasteiger partial charge in [0.05, 0.1) is 10.6 Å². The molecular weight excluding hydrogens is 342 g/mol. The third-order valence-corrected chi connectivity index (χ3v) is 4.58. The number of primary sulfonamides is 1. The van der Waals surface area contributed by atoms with Crippen LogP contribution in [0.25, 0.3) is 11.4 Å². The van der Waals surface area contributed by atoms with Crippen LogP contribution in [-0.4, -0.2) is 36.1 Å². The Balaban J connectivity index is 1.54. The van der Waals surface area contributed by atoms with Crippen molar-refractivity contribution in [1.82, 2.24) is 20.5 Å². The predicted octanol–water partition coefficient (Wildman–Crippen LogP) is 1.02. The first-order chi connectivity index (χ1) is 11.9. The summed E-state index contributed by atoms with van der Waals surface area (Å²) < 4.78 is 22.4. The molecule has 9 heteroatoms. The van der Waals surface area contributed by atoms with Crippen molar-refractivity contribution in [3.8, 4) is 11.4 Å². The molecule has 0 unspecified atom stereocenters. The molecule has 0 saturated heterocycles. The molecule has 3 rings (SSSR count). The van der Waals surface area contributed by atoms with Crippen LogP contribution >= 0.6 is 0 Å². The number of nitrogens with zero attached hydrogens (tertiary/aromatic N) is 1. The maximum atomic E-state index is 12.1. The van der Waals surface area contributed by atoms with Gasteiger partial charge in [-0.05, 0) is 42.3 Å². The molecule has 25 heavy (non-hydrogen) atoms. The lowest BCUT2D eigenvalue weighted by atomic mass is 10.1. The van der Waals surface area contributed by atoms with E-state index in [4.69, 9.17) is 5.14 Å². The SMILES string of the molecule is NS(=O)(=O)c1ccc(CCNC(=O)c2cc(-c3ccc[nH]3)n[nH]2)cc1. The number of aromatic nitrogens is 3. The maximum absolute atomic E-state index is 12.1. The number of carbonyl (C=O) groups is 1. The third kappa shape index (κ3) is 4.14. The highest BCUT2D eigenvalue weighted by molar-refractivity contribution is 7.89. The van der Waals surface area contributed by atoms with Crippen LogP contribution in [0.15, 0.2) is 53.6 Å². The lowest BCUT2D eigenvalue weighted by Crippen LogP contribution is -2.26. The molecule has 0 aliphatic carbocycles. The summed E-state index contributed by atoms with van der Waals surface area (Å²) in [5.41, 5.74) is 2.75. The Morgan fingerprint density at radius 3 is 2.60 bits per heavy atom. The fourth-order valence-corrected chi connectivity index (χ4v) is 2.84. The van der Waals surface area contributed by atoms with Crippen LogP contribution in [0, 0.1) is 0 Å². The monoisotopic (exact) mass is 359 g/mol. The third-order valence-electron chi connectivity index (χ3n) is 3.65. The number of rotatable bonds is 6. The molecule has 8 nitrogen and oxygen atoms in total. The van der Waals surface area contributed by atoms with Gasteiger partial charge >= 0.3 is 0 Å². The maximum Gasteiger partial charge on any atom is 0.269 e. The van der Waals surface area contributed by atoms with Crippen LogP contribution < -0.4 is 10.5 Å². The number of nitrogens with one attached hydrogen (secondary N) is 3. The van der Waals surface area contributed by atoms with E-state index in [1.54, 1.807) is 24.4 Å². The Bertz CT molecular complexity index is 960. The summed E-state index contributed by atoms with van der Waals surface area (Å²) in [6, 6.07) is 11.6. The van der Waals surface area contributed by atoms with Gasteiger partial charge in [0.25, 0.3) is 5.91 Å². The van der Waals surface area contributed by atoms with E-state index in [1.165, 1.54) is 12.1 Å². The second-order valence-corrected chi connectivity index (χ2v) is 7.01. The summed E-state index contributed by atoms with van der Waals surface area (Å²) in [6.45, 7) is 0.407. The number of aromatic amines is 2. The Kier molecular flexibility index (Phi) is 4.68. The first-order valence-electron chi connectivity index (χ1n) is 7.52. The zero-order valence-corrected chi connectivity index (χ0v) is 14.0. The Labute approximate surface area is 144 Å². The fourth-order valence-electron chi connectivity index (χ4n) is 2.33. The van der Waals surface area contributed by atoms with E-state index in [1.807, 2.05) is 12.1 Å². The van der Waals surface area contributed by atoms with Gasteiger partial charge in [-0.25, -0.2) is 13.6 Å². The molecule has 0 atom stereocenters. The summed E-state index contributed by atoms with van der Waals surface area (Å²) in [5.74, 6) is -0.258. The van der Waals surface area contributed by atoms with Crippen molar-refractivity contribution in [2.75, 3.05) is 6.54 Å². The van der Waals surface area contributed by atoms with Crippen LogP contribution in [0.4, 0.5) is 0 Å². The molecular formula is C16H17N5O3S. The number of nitrogens with two attached hydrogens (primary N) is 1. The van der Waals surface area contributed by atoms with E-state index < -0.39 is 10.0 Å². The van der Waals surface area contributed by atoms with Gasteiger partial charge in [0.1, 0.15) is 11.4 Å². The highest BCUT2D eigenvalue weighted by Crippen LogP contribution is 2.14. The average Bonchev–Trinajstić information content (AvgIpc) is 3.25. The smallest absolute Gasteiger partial charge is 0.269 e. The van der Waals surface area contributed by atoms with Crippen LogP contribution in [0.3, 0.4) is 0 Å². The normalized spacial score (nSPS) is 11.4. The van der Waals surface area contributed by atoms with Crippen LogP contribution in [0.2, 0.25) is 0 Å². The minimum Gasteiger partial charge on any atom is -0.360 e. The Morgan fingerprint density at radius 2 is 1.96 bits per heavy atom. The van der Waals surface area contributed by atoms with Gasteiger partial charge in [0.2, 0.25) is 10.0 Å². The molecule has 0 spiro atoms. The number of H-pyrrole nitrogens is 2. The molecule has 0 aliphatic rings. The molecule has 0 saturated carbocycles. The minimum absolute atomic E-state index is 0.0644. The molecule has 130 valence electrons. The van der Waals surface area contributed by atoms with Crippen molar-refractivity contribution in [3.63, 3.8) is 0 Å². The van der Waals surface area contributed by atoms with Crippen LogP contribution in [0.1, 0.15) is 16.1 Å². The number of benzene rings is 1. The number of hydrogen-bond donors (Lipinski definition) is 4. The number of hydrogen-bond acceptors (Lipinski definition) is 4. The van der Waals surface area contributed by atoms with Crippen molar-refractivity contribution in [1.29, 1.82) is 0 Å². The molecule has 2 heterocycles. The van der Waals surface area contributed by atoms with Gasteiger partial charge in [0, 0.05) is 12.7 Å². The number of amides is 1. The molecule has 0 aliphatic heterocycles. The van der Waals surface area contributed by atoms with Gasteiger partial charge in [0.15, 0.2) is 0 Å². The highest BCUT2D eigenvalue weighted by Gasteiger charge is 2.11. The van der Waals surface area contributed by atoms with E-state index in [0.29, 0.717) is 24.4 Å². The molecule has 2 aromatic heterocycles. The van der Waals surface area contributed by atoms with Crippen molar-refractivity contribution in [3.05, 3.63) is 59.9 Å². The van der Waals surface area contributed by atoms with Gasteiger partial charge in [-0.15, -0.1) is 0 Å². The van der Waals surface area contributed by atoms with Gasteiger partial charge < -0.3 is 10.3 Å². The topological polar surface area (TPSA) is 134 Å². The minimum atomic E-state index is -3.69. The van der Waals surface area contributed by atoms with Crippen LogP contribution in [-0.2, 0) is 16.4 Å². The summed E-state index contributed by atoms with van der Waals surface area (Å²) in [5, 5.41) is 14.6. The average molecular weight is 359 g/mol. The molecule has 5 N–H and O–H groups in total. The summed E-state index contributed by atoms with van der Waals surface area (Å²) in [4.78, 5) is 15.2. The van der Waals surface area contributed by atoms with E-state index in [2.05, 4.69) is 20.5 Å². The second-order valence-electron chi connectivity index (χ2n) is 5.45. The summed E-state index contributed by atoms with van der Waals surface area (Å²) in [6.07, 6.45) is 2.35. The molecule has 0 bridgehead atoms. The van der Waals surface area contributed by atoms with Gasteiger partial charge in [-0.1, -0.05) is 12.1 Å². The van der Waals surface area contributed by atoms with E-state index in [0.717, 1.165) is 11.3 Å². The Morgan fingerprint density at radius 1 is 1.20 bits per heavy atom. The van der Waals surface area contributed by atoms with Crippen molar-refractivity contribution < 1.29 is 13.2 Å². The first kappa shape index (κ1) is 16.9. The highest BCUT2D eigenvalue weighted by atomic mass is 32.2. The predicted molar refractivity (Wildman–Crippen MR) is 92.2 cm³/mol. The van der Waals surface area contributed by atoms with Crippen molar-refractivity contribution in [2.45, 2.75) is 11.3 Å². The van der Waals surface area contributed by atoms with Gasteiger partial charge in [-0.3, -0.25) is 9.89 Å². The molecule has 1 aromatic carbocycles. The standard InChI is InChI=1S/C16H17N5O3S/c17-25(23,24)12-5-3-11(4-6-12)7-9-19-16(22)15-10-14(20-21-15)13-2-1-8-18-13/h1-6,8,10,18H,7,9H2,(H,19,22)(H,20,21)(H2,17,23,24). The quantitative estimate of drug-likeness (QED) is 0.523. The summed E-state index contributed by atoms with van der Waals surface area (Å²) in [7, 11) is -3.69. The zero-order chi connectivity index (χ0) is 17.9. The van der Waals surface area contributed by atoms with Crippen LogP contribution in [0.5, 0.6) is 0 Å². The van der Waals surface area contributed by atoms with Crippen molar-refractivity contribution in [2.24, 2.45) is 5.14 Å². The molecule has 0 radical (unpaired) electrons. The van der Waals surface area contributed by atoms with E-state index in [-0.39, 0.29) is 10.8 Å². The first-order valence-corrected chi connectivity index (χ1v) is 9.07.